The minimum absolute atomic E-state index is 0.382. The molecule has 3 N–H and O–H groups in total. The van der Waals surface area contributed by atoms with Crippen molar-refractivity contribution in [3.63, 3.8) is 0 Å². The highest BCUT2D eigenvalue weighted by Crippen LogP contribution is 2.22. The van der Waals surface area contributed by atoms with E-state index in [-0.39, 0.29) is 0 Å². The summed E-state index contributed by atoms with van der Waals surface area (Å²) in [6, 6.07) is 13.8. The van der Waals surface area contributed by atoms with Gasteiger partial charge in [0.1, 0.15) is 23.3 Å². The van der Waals surface area contributed by atoms with E-state index in [0.29, 0.717) is 17.8 Å². The molecule has 3 rings (SSSR count). The second-order valence-electron chi connectivity index (χ2n) is 5.92. The summed E-state index contributed by atoms with van der Waals surface area (Å²) < 4.78 is 2.59. The van der Waals surface area contributed by atoms with E-state index in [1.165, 1.54) is 0 Å². The third-order valence-electron chi connectivity index (χ3n) is 4.03. The lowest BCUT2D eigenvalue weighted by Crippen LogP contribution is -2.06. The number of halogens is 1. The lowest BCUT2D eigenvalue weighted by atomic mass is 10.1. The van der Waals surface area contributed by atoms with E-state index >= 15 is 0 Å². The predicted octanol–water partition coefficient (Wildman–Crippen LogP) is 3.84. The molecule has 0 aliphatic heterocycles. The maximum Gasteiger partial charge on any atom is 0.145 e. The van der Waals surface area contributed by atoms with E-state index in [9.17, 15) is 5.26 Å². The molecule has 3 aromatic rings. The molecule has 0 bridgehead atoms. The van der Waals surface area contributed by atoms with Gasteiger partial charge in [-0.2, -0.15) is 10.4 Å². The molecule has 7 heteroatoms. The molecule has 1 aromatic carbocycles. The average molecular weight is 411 g/mol. The molecular formula is C19H19BrN6. The first-order chi connectivity index (χ1) is 12.6. The van der Waals surface area contributed by atoms with Gasteiger partial charge in [-0.3, -0.25) is 0 Å². The van der Waals surface area contributed by atoms with Gasteiger partial charge in [-0.15, -0.1) is 0 Å². The maximum atomic E-state index is 9.44. The number of anilines is 2. The maximum absolute atomic E-state index is 9.44. The van der Waals surface area contributed by atoms with Gasteiger partial charge in [0.25, 0.3) is 0 Å². The predicted molar refractivity (Wildman–Crippen MR) is 106 cm³/mol. The van der Waals surface area contributed by atoms with Gasteiger partial charge >= 0.3 is 0 Å². The molecule has 0 aliphatic rings. The number of rotatable bonds is 6. The monoisotopic (exact) mass is 410 g/mol. The molecule has 0 saturated carbocycles. The molecule has 6 nitrogen and oxygen atoms in total. The molecule has 132 valence electrons. The number of nitrogen functional groups attached to an aromatic ring is 1. The molecule has 0 spiro atoms. The number of para-hydroxylation sites is 1. The second-order valence-corrected chi connectivity index (χ2v) is 6.83. The van der Waals surface area contributed by atoms with Crippen molar-refractivity contribution in [2.75, 3.05) is 17.6 Å². The lowest BCUT2D eigenvalue weighted by Gasteiger charge is -2.08. The van der Waals surface area contributed by atoms with Gasteiger partial charge in [0.05, 0.1) is 11.4 Å². The molecule has 0 unspecified atom stereocenters. The Labute approximate surface area is 160 Å². The first-order valence-corrected chi connectivity index (χ1v) is 9.08. The summed E-state index contributed by atoms with van der Waals surface area (Å²) >= 11 is 3.41. The van der Waals surface area contributed by atoms with Crippen LogP contribution in [0.4, 0.5) is 11.6 Å². The van der Waals surface area contributed by atoms with Crippen LogP contribution in [0.2, 0.25) is 0 Å². The van der Waals surface area contributed by atoms with Gasteiger partial charge in [0.2, 0.25) is 0 Å². The Morgan fingerprint density at radius 1 is 1.31 bits per heavy atom. The topological polar surface area (TPSA) is 92.6 Å². The number of hydrogen-bond donors (Lipinski definition) is 2. The summed E-state index contributed by atoms with van der Waals surface area (Å²) in [6.07, 6.45) is 3.25. The highest BCUT2D eigenvalue weighted by molar-refractivity contribution is 9.10. The quantitative estimate of drug-likeness (QED) is 0.602. The van der Waals surface area contributed by atoms with Crippen LogP contribution >= 0.6 is 15.9 Å². The van der Waals surface area contributed by atoms with Gasteiger partial charge in [-0.25, -0.2) is 9.67 Å². The van der Waals surface area contributed by atoms with Crippen LogP contribution in [0.25, 0.3) is 5.69 Å². The Morgan fingerprint density at radius 2 is 2.08 bits per heavy atom. The second kappa shape index (κ2) is 8.02. The van der Waals surface area contributed by atoms with Crippen molar-refractivity contribution in [2.45, 2.75) is 19.8 Å². The zero-order valence-electron chi connectivity index (χ0n) is 14.4. The number of benzene rings is 1. The van der Waals surface area contributed by atoms with Crippen molar-refractivity contribution < 1.29 is 0 Å². The van der Waals surface area contributed by atoms with Crippen LogP contribution in [0.3, 0.4) is 0 Å². The van der Waals surface area contributed by atoms with E-state index < -0.39 is 0 Å². The van der Waals surface area contributed by atoms with E-state index in [1.807, 2.05) is 43.3 Å². The van der Waals surface area contributed by atoms with Crippen LogP contribution in [0, 0.1) is 18.3 Å². The number of aryl methyl sites for hydroxylation is 2. The molecule has 2 heterocycles. The SMILES string of the molecule is Cc1cc(Br)cnc1NCCCc1nn(-c2ccccc2)c(N)c1C#N. The van der Waals surface area contributed by atoms with Gasteiger partial charge in [-0.1, -0.05) is 18.2 Å². The van der Waals surface area contributed by atoms with E-state index in [4.69, 9.17) is 5.73 Å². The number of nitrogens with two attached hydrogens (primary N) is 1. The van der Waals surface area contributed by atoms with Crippen LogP contribution in [0.15, 0.2) is 47.1 Å². The summed E-state index contributed by atoms with van der Waals surface area (Å²) in [6.45, 7) is 2.74. The zero-order valence-corrected chi connectivity index (χ0v) is 16.0. The molecule has 2 aromatic heterocycles. The fourth-order valence-electron chi connectivity index (χ4n) is 2.73. The van der Waals surface area contributed by atoms with Crippen LogP contribution in [-0.4, -0.2) is 21.3 Å². The van der Waals surface area contributed by atoms with E-state index in [1.54, 1.807) is 10.9 Å². The van der Waals surface area contributed by atoms with Crippen molar-refractivity contribution >= 4 is 27.6 Å². The average Bonchev–Trinajstić information content (AvgIpc) is 2.96. The summed E-state index contributed by atoms with van der Waals surface area (Å²) in [5.41, 5.74) is 9.22. The summed E-state index contributed by atoms with van der Waals surface area (Å²) in [4.78, 5) is 4.36. The molecule has 0 atom stereocenters. The third kappa shape index (κ3) is 3.86. The third-order valence-corrected chi connectivity index (χ3v) is 4.47. The fourth-order valence-corrected chi connectivity index (χ4v) is 3.18. The number of hydrogen-bond acceptors (Lipinski definition) is 5. The minimum Gasteiger partial charge on any atom is -0.382 e. The number of nitrogens with one attached hydrogen (secondary N) is 1. The molecule has 0 amide bonds. The largest absolute Gasteiger partial charge is 0.382 e. The number of nitrogens with zero attached hydrogens (tertiary/aromatic N) is 4. The summed E-state index contributed by atoms with van der Waals surface area (Å²) in [7, 11) is 0. The standard InChI is InChI=1S/C19H19BrN6/c1-13-10-14(20)12-24-19(13)23-9-5-8-17-16(11-21)18(22)26(25-17)15-6-3-2-4-7-15/h2-4,6-7,10,12H,5,8-9,22H2,1H3,(H,23,24). The van der Waals surface area contributed by atoms with Crippen molar-refractivity contribution in [3.05, 3.63) is 63.9 Å². The van der Waals surface area contributed by atoms with Gasteiger partial charge in [0.15, 0.2) is 0 Å². The molecule has 0 radical (unpaired) electrons. The Kier molecular flexibility index (Phi) is 5.54. The van der Waals surface area contributed by atoms with E-state index in [0.717, 1.165) is 40.2 Å². The minimum atomic E-state index is 0.382. The highest BCUT2D eigenvalue weighted by atomic mass is 79.9. The van der Waals surface area contributed by atoms with Crippen molar-refractivity contribution in [1.29, 1.82) is 5.26 Å². The Balaban J connectivity index is 1.67. The van der Waals surface area contributed by atoms with Crippen molar-refractivity contribution in [2.24, 2.45) is 0 Å². The first kappa shape index (κ1) is 18.0. The lowest BCUT2D eigenvalue weighted by molar-refractivity contribution is 0.788. The number of aromatic nitrogens is 3. The summed E-state index contributed by atoms with van der Waals surface area (Å²) in [5.74, 6) is 1.25. The number of nitriles is 1. The molecule has 26 heavy (non-hydrogen) atoms. The van der Waals surface area contributed by atoms with Crippen LogP contribution < -0.4 is 11.1 Å². The van der Waals surface area contributed by atoms with Gasteiger partial charge < -0.3 is 11.1 Å². The number of pyridine rings is 1. The molecule has 0 saturated heterocycles. The Hall–Kier alpha value is -2.85. The van der Waals surface area contributed by atoms with Crippen molar-refractivity contribution in [1.82, 2.24) is 14.8 Å². The van der Waals surface area contributed by atoms with Crippen LogP contribution in [0.5, 0.6) is 0 Å². The smallest absolute Gasteiger partial charge is 0.145 e. The molecule has 0 fully saturated rings. The van der Waals surface area contributed by atoms with Crippen LogP contribution in [0.1, 0.15) is 23.2 Å². The van der Waals surface area contributed by atoms with E-state index in [2.05, 4.69) is 37.4 Å². The molecular weight excluding hydrogens is 392 g/mol. The van der Waals surface area contributed by atoms with Crippen LogP contribution in [-0.2, 0) is 6.42 Å². The molecule has 0 aliphatic carbocycles. The fraction of sp³-hybridized carbons (Fsp3) is 0.211. The van der Waals surface area contributed by atoms with Gasteiger partial charge in [-0.05, 0) is 59.5 Å². The van der Waals surface area contributed by atoms with Crippen molar-refractivity contribution in [3.8, 4) is 11.8 Å². The normalized spacial score (nSPS) is 10.5. The first-order valence-electron chi connectivity index (χ1n) is 8.29. The highest BCUT2D eigenvalue weighted by Gasteiger charge is 2.16. The Morgan fingerprint density at radius 3 is 2.77 bits per heavy atom. The summed E-state index contributed by atoms with van der Waals surface area (Å²) in [5, 5.41) is 17.3. The Bertz CT molecular complexity index is 943. The zero-order chi connectivity index (χ0) is 18.5. The van der Waals surface area contributed by atoms with Gasteiger partial charge in [0, 0.05) is 17.2 Å².